The van der Waals surface area contributed by atoms with Crippen molar-refractivity contribution in [3.05, 3.63) is 18.0 Å². The predicted molar refractivity (Wildman–Crippen MR) is 60.5 cm³/mol. The van der Waals surface area contributed by atoms with Crippen molar-refractivity contribution in [2.75, 3.05) is 21.3 Å². The predicted octanol–water partition coefficient (Wildman–Crippen LogP) is 1.37. The number of imidazole rings is 1. The SMILES string of the molecule is COC(=O)c1nc2cc(OC)c(OC)cc2[nH]1. The van der Waals surface area contributed by atoms with E-state index in [2.05, 4.69) is 14.7 Å². The Hall–Kier alpha value is -2.24. The number of carbonyl (C=O) groups is 1. The largest absolute Gasteiger partial charge is 0.493 e. The molecular weight excluding hydrogens is 224 g/mol. The second kappa shape index (κ2) is 4.32. The first-order valence-electron chi connectivity index (χ1n) is 4.89. The van der Waals surface area contributed by atoms with Crippen LogP contribution in [0.3, 0.4) is 0 Å². The van der Waals surface area contributed by atoms with Gasteiger partial charge in [0.1, 0.15) is 0 Å². The van der Waals surface area contributed by atoms with E-state index in [1.165, 1.54) is 14.2 Å². The summed E-state index contributed by atoms with van der Waals surface area (Å²) in [6.45, 7) is 0. The number of hydrogen-bond acceptors (Lipinski definition) is 5. The first kappa shape index (κ1) is 11.3. The molecule has 0 aliphatic carbocycles. The van der Waals surface area contributed by atoms with Crippen molar-refractivity contribution in [1.82, 2.24) is 9.97 Å². The molecule has 0 atom stereocenters. The number of esters is 1. The second-order valence-corrected chi connectivity index (χ2v) is 3.30. The molecule has 1 aromatic carbocycles. The molecule has 0 unspecified atom stereocenters. The standard InChI is InChI=1S/C11H12N2O4/c1-15-8-4-6-7(5-9(8)16-2)13-10(12-6)11(14)17-3/h4-5H,1-3H3,(H,12,13). The third-order valence-electron chi connectivity index (χ3n) is 2.37. The molecule has 90 valence electrons. The smallest absolute Gasteiger partial charge is 0.374 e. The van der Waals surface area contributed by atoms with Crippen molar-refractivity contribution < 1.29 is 19.0 Å². The van der Waals surface area contributed by atoms with Crippen molar-refractivity contribution in [2.24, 2.45) is 0 Å². The van der Waals surface area contributed by atoms with Crippen LogP contribution in [0.2, 0.25) is 0 Å². The summed E-state index contributed by atoms with van der Waals surface area (Å²) >= 11 is 0. The van der Waals surface area contributed by atoms with Crippen LogP contribution in [0, 0.1) is 0 Å². The Morgan fingerprint density at radius 1 is 1.18 bits per heavy atom. The van der Waals surface area contributed by atoms with Gasteiger partial charge in [0.15, 0.2) is 11.5 Å². The van der Waals surface area contributed by atoms with E-state index in [1.54, 1.807) is 19.2 Å². The summed E-state index contributed by atoms with van der Waals surface area (Å²) in [7, 11) is 4.38. The van der Waals surface area contributed by atoms with Crippen LogP contribution in [0.5, 0.6) is 11.5 Å². The maximum atomic E-state index is 11.3. The van der Waals surface area contributed by atoms with E-state index >= 15 is 0 Å². The normalized spacial score (nSPS) is 10.3. The number of nitrogens with zero attached hydrogens (tertiary/aromatic N) is 1. The minimum Gasteiger partial charge on any atom is -0.493 e. The lowest BCUT2D eigenvalue weighted by Gasteiger charge is -2.06. The number of aromatic nitrogens is 2. The summed E-state index contributed by atoms with van der Waals surface area (Å²) < 4.78 is 14.9. The first-order chi connectivity index (χ1) is 8.19. The molecule has 0 saturated carbocycles. The van der Waals surface area contributed by atoms with Crippen LogP contribution >= 0.6 is 0 Å². The highest BCUT2D eigenvalue weighted by Crippen LogP contribution is 2.30. The summed E-state index contributed by atoms with van der Waals surface area (Å²) in [6, 6.07) is 3.41. The van der Waals surface area contributed by atoms with Crippen molar-refractivity contribution in [3.8, 4) is 11.5 Å². The van der Waals surface area contributed by atoms with Crippen LogP contribution in [0.1, 0.15) is 10.6 Å². The number of methoxy groups -OCH3 is 3. The summed E-state index contributed by atoms with van der Waals surface area (Å²) in [5, 5.41) is 0. The average Bonchev–Trinajstić information content (AvgIpc) is 2.78. The van der Waals surface area contributed by atoms with Gasteiger partial charge >= 0.3 is 5.97 Å². The van der Waals surface area contributed by atoms with E-state index in [0.29, 0.717) is 22.5 Å². The number of hydrogen-bond donors (Lipinski definition) is 1. The highest BCUT2D eigenvalue weighted by molar-refractivity contribution is 5.91. The molecule has 2 aromatic rings. The van der Waals surface area contributed by atoms with Gasteiger partial charge in [-0.05, 0) is 0 Å². The molecule has 0 bridgehead atoms. The van der Waals surface area contributed by atoms with Crippen LogP contribution in [0.4, 0.5) is 0 Å². The Morgan fingerprint density at radius 2 is 1.82 bits per heavy atom. The number of aromatic amines is 1. The van der Waals surface area contributed by atoms with E-state index < -0.39 is 5.97 Å². The molecule has 6 heteroatoms. The van der Waals surface area contributed by atoms with E-state index in [1.807, 2.05) is 0 Å². The van der Waals surface area contributed by atoms with Crippen molar-refractivity contribution in [2.45, 2.75) is 0 Å². The lowest BCUT2D eigenvalue weighted by molar-refractivity contribution is 0.0588. The summed E-state index contributed by atoms with van der Waals surface area (Å²) in [6.07, 6.45) is 0. The maximum absolute atomic E-state index is 11.3. The van der Waals surface area contributed by atoms with E-state index in [0.717, 1.165) is 0 Å². The number of fused-ring (bicyclic) bond motifs is 1. The zero-order chi connectivity index (χ0) is 12.4. The van der Waals surface area contributed by atoms with Gasteiger partial charge in [-0.3, -0.25) is 0 Å². The van der Waals surface area contributed by atoms with E-state index in [4.69, 9.17) is 9.47 Å². The van der Waals surface area contributed by atoms with Gasteiger partial charge in [0, 0.05) is 12.1 Å². The minimum absolute atomic E-state index is 0.151. The average molecular weight is 236 g/mol. The number of carbonyl (C=O) groups excluding carboxylic acids is 1. The number of nitrogens with one attached hydrogen (secondary N) is 1. The molecule has 0 radical (unpaired) electrons. The van der Waals surface area contributed by atoms with Gasteiger partial charge in [-0.1, -0.05) is 0 Å². The molecule has 1 aromatic heterocycles. The number of rotatable bonds is 3. The fourth-order valence-electron chi connectivity index (χ4n) is 1.53. The van der Waals surface area contributed by atoms with Gasteiger partial charge in [-0.15, -0.1) is 0 Å². The van der Waals surface area contributed by atoms with Crippen LogP contribution in [0.15, 0.2) is 12.1 Å². The molecule has 2 rings (SSSR count). The van der Waals surface area contributed by atoms with Crippen molar-refractivity contribution >= 4 is 17.0 Å². The van der Waals surface area contributed by atoms with E-state index in [-0.39, 0.29) is 5.82 Å². The van der Waals surface area contributed by atoms with Gasteiger partial charge in [0.05, 0.1) is 32.4 Å². The third kappa shape index (κ3) is 1.89. The molecule has 0 aliphatic rings. The molecule has 0 saturated heterocycles. The monoisotopic (exact) mass is 236 g/mol. The number of H-pyrrole nitrogens is 1. The van der Waals surface area contributed by atoms with Crippen LogP contribution in [0.25, 0.3) is 11.0 Å². The Bertz CT molecular complexity index is 521. The minimum atomic E-state index is -0.515. The maximum Gasteiger partial charge on any atom is 0.374 e. The van der Waals surface area contributed by atoms with E-state index in [9.17, 15) is 4.79 Å². The van der Waals surface area contributed by atoms with Gasteiger partial charge in [-0.25, -0.2) is 9.78 Å². The molecular formula is C11H12N2O4. The van der Waals surface area contributed by atoms with Gasteiger partial charge < -0.3 is 19.2 Å². The van der Waals surface area contributed by atoms with Crippen molar-refractivity contribution in [3.63, 3.8) is 0 Å². The lowest BCUT2D eigenvalue weighted by Crippen LogP contribution is -2.02. The Kier molecular flexibility index (Phi) is 2.86. The number of benzene rings is 1. The van der Waals surface area contributed by atoms with Crippen LogP contribution < -0.4 is 9.47 Å². The number of ether oxygens (including phenoxy) is 3. The molecule has 0 aliphatic heterocycles. The highest BCUT2D eigenvalue weighted by atomic mass is 16.5. The molecule has 1 N–H and O–H groups in total. The topological polar surface area (TPSA) is 73.4 Å². The quantitative estimate of drug-likeness (QED) is 0.814. The Labute approximate surface area is 97.5 Å². The van der Waals surface area contributed by atoms with Crippen LogP contribution in [-0.2, 0) is 4.74 Å². The lowest BCUT2D eigenvalue weighted by atomic mass is 10.3. The molecule has 17 heavy (non-hydrogen) atoms. The van der Waals surface area contributed by atoms with Gasteiger partial charge in [0.2, 0.25) is 5.82 Å². The molecule has 1 heterocycles. The fourth-order valence-corrected chi connectivity index (χ4v) is 1.53. The molecule has 0 spiro atoms. The van der Waals surface area contributed by atoms with Gasteiger partial charge in [0.25, 0.3) is 0 Å². The molecule has 0 amide bonds. The fraction of sp³-hybridized carbons (Fsp3) is 0.273. The van der Waals surface area contributed by atoms with Gasteiger partial charge in [-0.2, -0.15) is 0 Å². The third-order valence-corrected chi connectivity index (χ3v) is 2.37. The second-order valence-electron chi connectivity index (χ2n) is 3.30. The molecule has 0 fully saturated rings. The highest BCUT2D eigenvalue weighted by Gasteiger charge is 2.14. The zero-order valence-corrected chi connectivity index (χ0v) is 9.73. The summed E-state index contributed by atoms with van der Waals surface area (Å²) in [4.78, 5) is 18.3. The van der Waals surface area contributed by atoms with Crippen LogP contribution in [-0.4, -0.2) is 37.3 Å². The summed E-state index contributed by atoms with van der Waals surface area (Å²) in [5.74, 6) is 0.764. The summed E-state index contributed by atoms with van der Waals surface area (Å²) in [5.41, 5.74) is 1.30. The Morgan fingerprint density at radius 3 is 2.41 bits per heavy atom. The first-order valence-corrected chi connectivity index (χ1v) is 4.89. The van der Waals surface area contributed by atoms with Crippen molar-refractivity contribution in [1.29, 1.82) is 0 Å². The zero-order valence-electron chi connectivity index (χ0n) is 9.73. The molecule has 6 nitrogen and oxygen atoms in total. The Balaban J connectivity index is 2.57.